The molecule has 146 valence electrons. The number of rotatable bonds is 4. The zero-order valence-electron chi connectivity index (χ0n) is 15.7. The van der Waals surface area contributed by atoms with Crippen molar-refractivity contribution in [1.29, 1.82) is 0 Å². The highest BCUT2D eigenvalue weighted by atomic mass is 19.1. The van der Waals surface area contributed by atoms with Crippen LogP contribution < -0.4 is 10.2 Å². The van der Waals surface area contributed by atoms with Crippen LogP contribution in [0.2, 0.25) is 0 Å². The van der Waals surface area contributed by atoms with Crippen LogP contribution in [0.25, 0.3) is 0 Å². The van der Waals surface area contributed by atoms with Gasteiger partial charge < -0.3 is 9.80 Å². The highest BCUT2D eigenvalue weighted by Crippen LogP contribution is 2.29. The van der Waals surface area contributed by atoms with Crippen LogP contribution in [-0.4, -0.2) is 55.6 Å². The molecule has 0 aromatic heterocycles. The van der Waals surface area contributed by atoms with Gasteiger partial charge in [0.2, 0.25) is 11.8 Å². The Morgan fingerprint density at radius 1 is 1.04 bits per heavy atom. The molecule has 0 saturated carbocycles. The number of carbonyl (C=O) groups is 2. The number of carbonyl (C=O) groups excluding carboxylic acids is 2. The van der Waals surface area contributed by atoms with E-state index in [-0.39, 0.29) is 17.7 Å². The van der Waals surface area contributed by atoms with E-state index in [2.05, 4.69) is 27.2 Å². The summed E-state index contributed by atoms with van der Waals surface area (Å²) in [6.45, 7) is 4.64. The van der Waals surface area contributed by atoms with Gasteiger partial charge in [-0.3, -0.25) is 14.9 Å². The van der Waals surface area contributed by atoms with Gasteiger partial charge in [0.1, 0.15) is 6.17 Å². The lowest BCUT2D eigenvalue weighted by Gasteiger charge is -2.31. The molecule has 3 fully saturated rings. The number of nitrogens with zero attached hydrogens (tertiary/aromatic N) is 2. The second-order valence-corrected chi connectivity index (χ2v) is 8.20. The topological polar surface area (TPSA) is 52.7 Å². The Bertz CT molecular complexity index is 693. The fourth-order valence-corrected chi connectivity index (χ4v) is 4.68. The summed E-state index contributed by atoms with van der Waals surface area (Å²) in [5.74, 6) is -0.00219. The van der Waals surface area contributed by atoms with E-state index < -0.39 is 6.17 Å². The number of hydrogen-bond donors (Lipinski definition) is 1. The summed E-state index contributed by atoms with van der Waals surface area (Å²) in [7, 11) is 0. The number of nitrogens with one attached hydrogen (secondary N) is 1. The van der Waals surface area contributed by atoms with Crippen molar-refractivity contribution in [3.8, 4) is 0 Å². The highest BCUT2D eigenvalue weighted by molar-refractivity contribution is 6.00. The zero-order chi connectivity index (χ0) is 18.8. The Morgan fingerprint density at radius 2 is 1.85 bits per heavy atom. The SMILES string of the molecule is O=C1CCC(c2ccc(N3CC[C@@H](CN4CCC[C@H](F)C4)C3)cc2)C(=O)N1. The van der Waals surface area contributed by atoms with Gasteiger partial charge in [-0.15, -0.1) is 0 Å². The first-order valence-electron chi connectivity index (χ1n) is 10.1. The van der Waals surface area contributed by atoms with Crippen LogP contribution in [-0.2, 0) is 9.59 Å². The average molecular weight is 373 g/mol. The van der Waals surface area contributed by atoms with Crippen LogP contribution in [0.5, 0.6) is 0 Å². The number of likely N-dealkylation sites (tertiary alicyclic amines) is 1. The molecule has 1 aromatic rings. The van der Waals surface area contributed by atoms with E-state index >= 15 is 0 Å². The van der Waals surface area contributed by atoms with Crippen LogP contribution in [0.15, 0.2) is 24.3 Å². The van der Waals surface area contributed by atoms with Crippen LogP contribution in [0.3, 0.4) is 0 Å². The Morgan fingerprint density at radius 3 is 2.59 bits per heavy atom. The predicted octanol–water partition coefficient (Wildman–Crippen LogP) is 2.47. The minimum atomic E-state index is -0.656. The molecule has 2 amide bonds. The number of alkyl halides is 1. The normalized spacial score (nSPS) is 29.8. The maximum atomic E-state index is 13.6. The Hall–Kier alpha value is -1.95. The van der Waals surface area contributed by atoms with Crippen molar-refractivity contribution in [3.63, 3.8) is 0 Å². The maximum Gasteiger partial charge on any atom is 0.234 e. The Kier molecular flexibility index (Phi) is 5.43. The first-order chi connectivity index (χ1) is 13.1. The molecule has 6 heteroatoms. The number of halogens is 1. The van der Waals surface area contributed by atoms with Crippen molar-refractivity contribution in [2.75, 3.05) is 37.6 Å². The third-order valence-corrected chi connectivity index (χ3v) is 6.15. The van der Waals surface area contributed by atoms with Crippen LogP contribution >= 0.6 is 0 Å². The molecule has 3 aliphatic heterocycles. The molecule has 0 aliphatic carbocycles. The molecule has 27 heavy (non-hydrogen) atoms. The molecule has 4 rings (SSSR count). The first kappa shape index (κ1) is 18.4. The molecule has 5 nitrogen and oxygen atoms in total. The third kappa shape index (κ3) is 4.32. The Balaban J connectivity index is 1.33. The molecule has 3 saturated heterocycles. The predicted molar refractivity (Wildman–Crippen MR) is 102 cm³/mol. The number of imide groups is 1. The standard InChI is InChI=1S/C21H28FN3O2/c22-17-2-1-10-24(14-17)12-15-9-11-25(13-15)18-5-3-16(4-6-18)19-7-8-20(26)23-21(19)27/h3-6,15,17,19H,1-2,7-14H2,(H,23,26,27)/t15-,17-,19?/m0/s1. The lowest BCUT2D eigenvalue weighted by Crippen LogP contribution is -2.40. The van der Waals surface area contributed by atoms with Crippen molar-refractivity contribution in [2.45, 2.75) is 44.2 Å². The average Bonchev–Trinajstić information content (AvgIpc) is 3.10. The quantitative estimate of drug-likeness (QED) is 0.824. The molecule has 3 aliphatic rings. The monoisotopic (exact) mass is 373 g/mol. The molecule has 0 bridgehead atoms. The molecule has 1 unspecified atom stereocenters. The van der Waals surface area contributed by atoms with Gasteiger partial charge in [0.25, 0.3) is 0 Å². The van der Waals surface area contributed by atoms with Crippen molar-refractivity contribution < 1.29 is 14.0 Å². The number of amides is 2. The van der Waals surface area contributed by atoms with Gasteiger partial charge in [0, 0.05) is 38.3 Å². The number of hydrogen-bond acceptors (Lipinski definition) is 4. The Labute approximate surface area is 159 Å². The summed E-state index contributed by atoms with van der Waals surface area (Å²) < 4.78 is 13.6. The van der Waals surface area contributed by atoms with Gasteiger partial charge in [0.15, 0.2) is 0 Å². The van der Waals surface area contributed by atoms with E-state index in [1.165, 1.54) is 5.69 Å². The van der Waals surface area contributed by atoms with Gasteiger partial charge in [-0.2, -0.15) is 0 Å². The zero-order valence-corrected chi connectivity index (χ0v) is 15.7. The largest absolute Gasteiger partial charge is 0.371 e. The molecule has 3 heterocycles. The van der Waals surface area contributed by atoms with E-state index in [0.717, 1.165) is 44.6 Å². The summed E-state index contributed by atoms with van der Waals surface area (Å²) in [4.78, 5) is 28.0. The minimum Gasteiger partial charge on any atom is -0.371 e. The van der Waals surface area contributed by atoms with Crippen molar-refractivity contribution in [2.24, 2.45) is 5.92 Å². The van der Waals surface area contributed by atoms with Crippen molar-refractivity contribution >= 4 is 17.5 Å². The van der Waals surface area contributed by atoms with Gasteiger partial charge in [-0.25, -0.2) is 4.39 Å². The summed E-state index contributed by atoms with van der Waals surface area (Å²) in [5.41, 5.74) is 2.15. The second-order valence-electron chi connectivity index (χ2n) is 8.20. The number of piperidine rings is 2. The molecule has 1 aromatic carbocycles. The smallest absolute Gasteiger partial charge is 0.234 e. The maximum absolute atomic E-state index is 13.6. The second kappa shape index (κ2) is 7.97. The van der Waals surface area contributed by atoms with Crippen molar-refractivity contribution in [3.05, 3.63) is 29.8 Å². The van der Waals surface area contributed by atoms with E-state index in [9.17, 15) is 14.0 Å². The van der Waals surface area contributed by atoms with Gasteiger partial charge in [-0.1, -0.05) is 12.1 Å². The number of benzene rings is 1. The van der Waals surface area contributed by atoms with E-state index in [1.54, 1.807) is 0 Å². The molecule has 3 atom stereocenters. The molecule has 0 spiro atoms. The molecular weight excluding hydrogens is 345 g/mol. The third-order valence-electron chi connectivity index (χ3n) is 6.15. The lowest BCUT2D eigenvalue weighted by molar-refractivity contribution is -0.134. The van der Waals surface area contributed by atoms with E-state index in [0.29, 0.717) is 31.7 Å². The fourth-order valence-electron chi connectivity index (χ4n) is 4.68. The summed E-state index contributed by atoms with van der Waals surface area (Å²) in [6, 6.07) is 8.20. The summed E-state index contributed by atoms with van der Waals surface area (Å²) in [6.07, 6.45) is 3.16. The number of anilines is 1. The van der Waals surface area contributed by atoms with Crippen LogP contribution in [0.4, 0.5) is 10.1 Å². The minimum absolute atomic E-state index is 0.177. The van der Waals surface area contributed by atoms with Gasteiger partial charge in [-0.05, 0) is 55.8 Å². The highest BCUT2D eigenvalue weighted by Gasteiger charge is 2.29. The molecular formula is C21H28FN3O2. The van der Waals surface area contributed by atoms with Crippen molar-refractivity contribution in [1.82, 2.24) is 10.2 Å². The van der Waals surface area contributed by atoms with Crippen LogP contribution in [0, 0.1) is 5.92 Å². The fraction of sp³-hybridized carbons (Fsp3) is 0.619. The molecule has 0 radical (unpaired) electrons. The van der Waals surface area contributed by atoms with Crippen LogP contribution in [0.1, 0.15) is 43.6 Å². The molecule has 1 N–H and O–H groups in total. The van der Waals surface area contributed by atoms with E-state index in [1.807, 2.05) is 12.1 Å². The van der Waals surface area contributed by atoms with Gasteiger partial charge >= 0.3 is 0 Å². The summed E-state index contributed by atoms with van der Waals surface area (Å²) in [5, 5.41) is 2.43. The van der Waals surface area contributed by atoms with E-state index in [4.69, 9.17) is 0 Å². The van der Waals surface area contributed by atoms with Gasteiger partial charge in [0.05, 0.1) is 5.92 Å². The first-order valence-corrected chi connectivity index (χ1v) is 10.1. The summed E-state index contributed by atoms with van der Waals surface area (Å²) >= 11 is 0. The lowest BCUT2D eigenvalue weighted by atomic mass is 9.90.